The summed E-state index contributed by atoms with van der Waals surface area (Å²) in [7, 11) is 0. The topological polar surface area (TPSA) is 65.2 Å². The van der Waals surface area contributed by atoms with Crippen LogP contribution in [0, 0.1) is 5.92 Å². The molecule has 1 aromatic carbocycles. The second-order valence-corrected chi connectivity index (χ2v) is 5.20. The summed E-state index contributed by atoms with van der Waals surface area (Å²) < 4.78 is 0. The molecule has 21 heavy (non-hydrogen) atoms. The van der Waals surface area contributed by atoms with Gasteiger partial charge < -0.3 is 15.2 Å². The summed E-state index contributed by atoms with van der Waals surface area (Å²) >= 11 is 0. The Morgan fingerprint density at radius 3 is 2.76 bits per heavy atom. The normalized spacial score (nSPS) is 18.0. The summed E-state index contributed by atoms with van der Waals surface area (Å²) in [6, 6.07) is 13.1. The highest BCUT2D eigenvalue weighted by Gasteiger charge is 2.30. The molecule has 1 aliphatic heterocycles. The molecule has 5 nitrogen and oxygen atoms in total. The summed E-state index contributed by atoms with van der Waals surface area (Å²) in [5.41, 5.74) is 1.46. The molecule has 0 saturated carbocycles. The Morgan fingerprint density at radius 2 is 2.05 bits per heavy atom. The van der Waals surface area contributed by atoms with E-state index in [1.807, 2.05) is 30.3 Å². The van der Waals surface area contributed by atoms with Gasteiger partial charge in [0.25, 0.3) is 5.91 Å². The Morgan fingerprint density at radius 1 is 1.24 bits per heavy atom. The number of para-hydroxylation sites is 1. The van der Waals surface area contributed by atoms with Gasteiger partial charge in [-0.05, 0) is 24.3 Å². The Balaban J connectivity index is 1.57. The standard InChI is InChI=1S/C16H17N3O2/c20-15-9-12(10-18-16(21)14-7-4-8-17-14)11-19(15)13-5-2-1-3-6-13/h1-8,12,17H,9-11H2,(H,18,21). The minimum Gasteiger partial charge on any atom is -0.357 e. The zero-order chi connectivity index (χ0) is 14.7. The van der Waals surface area contributed by atoms with Gasteiger partial charge in [0.05, 0.1) is 0 Å². The van der Waals surface area contributed by atoms with Gasteiger partial charge in [-0.1, -0.05) is 18.2 Å². The number of hydrogen-bond acceptors (Lipinski definition) is 2. The van der Waals surface area contributed by atoms with E-state index < -0.39 is 0 Å². The van der Waals surface area contributed by atoms with E-state index in [1.165, 1.54) is 0 Å². The van der Waals surface area contributed by atoms with Gasteiger partial charge in [-0.15, -0.1) is 0 Å². The van der Waals surface area contributed by atoms with Crippen LogP contribution >= 0.6 is 0 Å². The number of aromatic nitrogens is 1. The van der Waals surface area contributed by atoms with E-state index in [2.05, 4.69) is 10.3 Å². The third-order valence-corrected chi connectivity index (χ3v) is 3.67. The molecule has 2 amide bonds. The van der Waals surface area contributed by atoms with Gasteiger partial charge in [-0.25, -0.2) is 0 Å². The maximum absolute atomic E-state index is 12.1. The fourth-order valence-electron chi connectivity index (χ4n) is 2.58. The number of aromatic amines is 1. The zero-order valence-electron chi connectivity index (χ0n) is 11.6. The van der Waals surface area contributed by atoms with E-state index in [1.54, 1.807) is 23.2 Å². The van der Waals surface area contributed by atoms with Crippen LogP contribution in [-0.2, 0) is 4.79 Å². The lowest BCUT2D eigenvalue weighted by Gasteiger charge is -2.16. The zero-order valence-corrected chi connectivity index (χ0v) is 11.6. The van der Waals surface area contributed by atoms with Gasteiger partial charge in [0, 0.05) is 37.3 Å². The largest absolute Gasteiger partial charge is 0.357 e. The Hall–Kier alpha value is -2.56. The molecule has 0 radical (unpaired) electrons. The highest BCUT2D eigenvalue weighted by molar-refractivity contribution is 5.96. The number of hydrogen-bond donors (Lipinski definition) is 2. The first-order chi connectivity index (χ1) is 10.2. The third kappa shape index (κ3) is 2.97. The number of amides is 2. The SMILES string of the molecule is O=C(NCC1CC(=O)N(c2ccccc2)C1)c1ccc[nH]1. The Labute approximate surface area is 123 Å². The van der Waals surface area contributed by atoms with Gasteiger partial charge in [0.2, 0.25) is 5.91 Å². The van der Waals surface area contributed by atoms with Crippen LogP contribution in [0.15, 0.2) is 48.7 Å². The summed E-state index contributed by atoms with van der Waals surface area (Å²) in [6.07, 6.45) is 2.19. The maximum atomic E-state index is 12.1. The van der Waals surface area contributed by atoms with Crippen LogP contribution in [0.5, 0.6) is 0 Å². The number of carbonyl (C=O) groups excluding carboxylic acids is 2. The molecular formula is C16H17N3O2. The lowest BCUT2D eigenvalue weighted by molar-refractivity contribution is -0.117. The van der Waals surface area contributed by atoms with E-state index >= 15 is 0 Å². The molecule has 108 valence electrons. The molecule has 2 N–H and O–H groups in total. The van der Waals surface area contributed by atoms with Crippen LogP contribution in [-0.4, -0.2) is 29.9 Å². The van der Waals surface area contributed by atoms with Crippen LogP contribution in [0.1, 0.15) is 16.9 Å². The van der Waals surface area contributed by atoms with Crippen molar-refractivity contribution in [3.05, 3.63) is 54.4 Å². The molecule has 2 heterocycles. The Kier molecular flexibility index (Phi) is 3.73. The average molecular weight is 283 g/mol. The van der Waals surface area contributed by atoms with Crippen molar-refractivity contribution in [3.63, 3.8) is 0 Å². The van der Waals surface area contributed by atoms with Gasteiger partial charge >= 0.3 is 0 Å². The highest BCUT2D eigenvalue weighted by atomic mass is 16.2. The molecule has 2 aromatic rings. The van der Waals surface area contributed by atoms with Crippen molar-refractivity contribution >= 4 is 17.5 Å². The van der Waals surface area contributed by atoms with Gasteiger partial charge in [0.15, 0.2) is 0 Å². The van der Waals surface area contributed by atoms with E-state index in [9.17, 15) is 9.59 Å². The number of benzene rings is 1. The lowest BCUT2D eigenvalue weighted by Crippen LogP contribution is -2.31. The first kappa shape index (κ1) is 13.4. The van der Waals surface area contributed by atoms with E-state index in [0.29, 0.717) is 25.2 Å². The maximum Gasteiger partial charge on any atom is 0.267 e. The Bertz CT molecular complexity index is 622. The smallest absolute Gasteiger partial charge is 0.267 e. The predicted molar refractivity (Wildman–Crippen MR) is 80.0 cm³/mol. The monoisotopic (exact) mass is 283 g/mol. The molecule has 3 rings (SSSR count). The molecule has 1 aromatic heterocycles. The lowest BCUT2D eigenvalue weighted by atomic mass is 10.1. The van der Waals surface area contributed by atoms with Gasteiger partial charge in [-0.2, -0.15) is 0 Å². The summed E-state index contributed by atoms with van der Waals surface area (Å²) in [5, 5.41) is 2.87. The van der Waals surface area contributed by atoms with Crippen molar-refractivity contribution in [1.82, 2.24) is 10.3 Å². The minimum absolute atomic E-state index is 0.111. The van der Waals surface area contributed by atoms with E-state index in [0.717, 1.165) is 5.69 Å². The number of H-pyrrole nitrogens is 1. The number of nitrogens with zero attached hydrogens (tertiary/aromatic N) is 1. The molecular weight excluding hydrogens is 266 g/mol. The first-order valence-electron chi connectivity index (χ1n) is 7.01. The highest BCUT2D eigenvalue weighted by Crippen LogP contribution is 2.24. The van der Waals surface area contributed by atoms with Crippen molar-refractivity contribution in [1.29, 1.82) is 0 Å². The quantitative estimate of drug-likeness (QED) is 0.898. The number of rotatable bonds is 4. The van der Waals surface area contributed by atoms with Gasteiger partial charge in [0.1, 0.15) is 5.69 Å². The second-order valence-electron chi connectivity index (χ2n) is 5.20. The van der Waals surface area contributed by atoms with Crippen LogP contribution in [0.4, 0.5) is 5.69 Å². The number of nitrogens with one attached hydrogen (secondary N) is 2. The van der Waals surface area contributed by atoms with Crippen molar-refractivity contribution in [2.24, 2.45) is 5.92 Å². The van der Waals surface area contributed by atoms with Crippen molar-refractivity contribution in [3.8, 4) is 0 Å². The predicted octanol–water partition coefficient (Wildman–Crippen LogP) is 1.80. The molecule has 5 heteroatoms. The number of carbonyl (C=O) groups is 2. The molecule has 0 spiro atoms. The molecule has 1 saturated heterocycles. The third-order valence-electron chi connectivity index (χ3n) is 3.67. The minimum atomic E-state index is -0.134. The van der Waals surface area contributed by atoms with Crippen molar-refractivity contribution < 1.29 is 9.59 Å². The molecule has 0 aliphatic carbocycles. The summed E-state index contributed by atoms with van der Waals surface area (Å²) in [4.78, 5) is 28.6. The average Bonchev–Trinajstić information content (AvgIpc) is 3.15. The molecule has 0 bridgehead atoms. The second kappa shape index (κ2) is 5.83. The van der Waals surface area contributed by atoms with Crippen LogP contribution in [0.2, 0.25) is 0 Å². The number of anilines is 1. The van der Waals surface area contributed by atoms with Crippen LogP contribution in [0.25, 0.3) is 0 Å². The first-order valence-corrected chi connectivity index (χ1v) is 7.01. The van der Waals surface area contributed by atoms with Crippen LogP contribution in [0.3, 0.4) is 0 Å². The fourth-order valence-corrected chi connectivity index (χ4v) is 2.58. The molecule has 1 atom stereocenters. The fraction of sp³-hybridized carbons (Fsp3) is 0.250. The van der Waals surface area contributed by atoms with Gasteiger partial charge in [-0.3, -0.25) is 9.59 Å². The summed E-state index contributed by atoms with van der Waals surface area (Å²) in [6.45, 7) is 1.15. The molecule has 1 fully saturated rings. The summed E-state index contributed by atoms with van der Waals surface area (Å²) in [5.74, 6) is 0.127. The van der Waals surface area contributed by atoms with Crippen molar-refractivity contribution in [2.45, 2.75) is 6.42 Å². The molecule has 1 aliphatic rings. The van der Waals surface area contributed by atoms with E-state index in [4.69, 9.17) is 0 Å². The van der Waals surface area contributed by atoms with Crippen molar-refractivity contribution in [2.75, 3.05) is 18.0 Å². The van der Waals surface area contributed by atoms with E-state index in [-0.39, 0.29) is 17.7 Å². The molecule has 1 unspecified atom stereocenters. The van der Waals surface area contributed by atoms with Crippen LogP contribution < -0.4 is 10.2 Å².